The molecule has 2 rings (SSSR count). The molecular weight excluding hydrogens is 276 g/mol. The summed E-state index contributed by atoms with van der Waals surface area (Å²) in [5, 5.41) is 3.86. The number of nitrogens with zero attached hydrogens (tertiary/aromatic N) is 1. The molecule has 0 spiro atoms. The number of hydrogen-bond acceptors (Lipinski definition) is 5. The molecule has 5 nitrogen and oxygen atoms in total. The van der Waals surface area contributed by atoms with Crippen LogP contribution < -0.4 is 14.9 Å². The average Bonchev–Trinajstić information content (AvgIpc) is 2.40. The minimum Gasteiger partial charge on any atom is -0.493 e. The lowest BCUT2D eigenvalue weighted by Gasteiger charge is -2.14. The smallest absolute Gasteiger partial charge is 0.299 e. The van der Waals surface area contributed by atoms with Crippen molar-refractivity contribution in [1.82, 2.24) is 5.43 Å². The highest BCUT2D eigenvalue weighted by molar-refractivity contribution is 8.14. The number of nitrogens with one attached hydrogen (secondary N) is 1. The third kappa shape index (κ3) is 2.88. The van der Waals surface area contributed by atoms with Crippen LogP contribution in [0.2, 0.25) is 0 Å². The molecule has 0 saturated carbocycles. The minimum atomic E-state index is -0.146. The number of hydrazone groups is 1. The first kappa shape index (κ1) is 13.0. The number of carbonyl (C=O) groups is 1. The van der Waals surface area contributed by atoms with Crippen molar-refractivity contribution in [2.45, 2.75) is 0 Å². The number of amides is 1. The quantitative estimate of drug-likeness (QED) is 0.864. The molecule has 1 N–H and O–H groups in total. The van der Waals surface area contributed by atoms with Crippen LogP contribution >= 0.6 is 23.4 Å². The molecule has 0 fully saturated rings. The highest BCUT2D eigenvalue weighted by Crippen LogP contribution is 2.29. The van der Waals surface area contributed by atoms with E-state index < -0.39 is 0 Å². The maximum Gasteiger partial charge on any atom is 0.299 e. The predicted octanol–water partition coefficient (Wildman–Crippen LogP) is 2.43. The first-order chi connectivity index (χ1) is 8.74. The van der Waals surface area contributed by atoms with E-state index in [2.05, 4.69) is 10.5 Å². The first-order valence-corrected chi connectivity index (χ1v) is 6.63. The summed E-state index contributed by atoms with van der Waals surface area (Å²) in [6, 6.07) is 5.47. The number of thioether (sulfide) groups is 1. The van der Waals surface area contributed by atoms with Gasteiger partial charge >= 0.3 is 0 Å². The normalized spacial score (nSPS) is 14.8. The number of hydrogen-bond donors (Lipinski definition) is 1. The summed E-state index contributed by atoms with van der Waals surface area (Å²) in [7, 11) is 1.55. The summed E-state index contributed by atoms with van der Waals surface area (Å²) in [5.74, 6) is 1.69. The molecule has 0 saturated heterocycles. The van der Waals surface area contributed by atoms with Crippen LogP contribution in [0.1, 0.15) is 5.56 Å². The predicted molar refractivity (Wildman–Crippen MR) is 71.9 cm³/mol. The van der Waals surface area contributed by atoms with Gasteiger partial charge in [-0.2, -0.15) is 5.10 Å². The van der Waals surface area contributed by atoms with Crippen molar-refractivity contribution in [3.63, 3.8) is 0 Å². The van der Waals surface area contributed by atoms with E-state index in [4.69, 9.17) is 21.1 Å². The van der Waals surface area contributed by atoms with Crippen molar-refractivity contribution in [2.24, 2.45) is 5.10 Å². The van der Waals surface area contributed by atoms with Gasteiger partial charge in [0, 0.05) is 11.3 Å². The van der Waals surface area contributed by atoms with Gasteiger partial charge in [0.1, 0.15) is 0 Å². The second-order valence-electron chi connectivity index (χ2n) is 3.37. The lowest BCUT2D eigenvalue weighted by atomic mass is 10.1. The first-order valence-electron chi connectivity index (χ1n) is 5.11. The van der Waals surface area contributed by atoms with Crippen LogP contribution in [0, 0.1) is 0 Å². The zero-order valence-corrected chi connectivity index (χ0v) is 11.2. The summed E-state index contributed by atoms with van der Waals surface area (Å²) in [6.45, 7) is 0. The Morgan fingerprint density at radius 1 is 1.50 bits per heavy atom. The Morgan fingerprint density at radius 3 is 2.94 bits per heavy atom. The molecule has 1 heterocycles. The molecule has 1 aromatic carbocycles. The van der Waals surface area contributed by atoms with Gasteiger partial charge in [-0.3, -0.25) is 4.79 Å². The van der Waals surface area contributed by atoms with Crippen LogP contribution in [0.4, 0.5) is 4.79 Å². The van der Waals surface area contributed by atoms with E-state index in [1.165, 1.54) is 11.8 Å². The Kier molecular flexibility index (Phi) is 4.33. The van der Waals surface area contributed by atoms with Gasteiger partial charge < -0.3 is 9.47 Å². The highest BCUT2D eigenvalue weighted by Gasteiger charge is 2.15. The van der Waals surface area contributed by atoms with Crippen LogP contribution in [0.15, 0.2) is 23.3 Å². The number of benzene rings is 1. The van der Waals surface area contributed by atoms with Crippen molar-refractivity contribution < 1.29 is 14.3 Å². The van der Waals surface area contributed by atoms with Crippen molar-refractivity contribution in [3.8, 4) is 11.5 Å². The number of ether oxygens (including phenoxy) is 2. The zero-order valence-electron chi connectivity index (χ0n) is 9.60. The third-order valence-electron chi connectivity index (χ3n) is 2.33. The van der Waals surface area contributed by atoms with Gasteiger partial charge in [-0.1, -0.05) is 23.4 Å². The van der Waals surface area contributed by atoms with E-state index in [1.807, 2.05) is 6.07 Å². The van der Waals surface area contributed by atoms with E-state index in [0.29, 0.717) is 17.3 Å². The molecule has 96 valence electrons. The standard InChI is InChI=1S/C11H11ClN2O3S/c1-16-10-4-7(2-3-9(10)17-6-12)8-5-18-11(15)14-13-8/h2-4H,5-6H2,1H3,(H,14,15). The molecule has 0 radical (unpaired) electrons. The Bertz CT molecular complexity index is 493. The van der Waals surface area contributed by atoms with Gasteiger partial charge in [0.05, 0.1) is 12.8 Å². The van der Waals surface area contributed by atoms with E-state index >= 15 is 0 Å². The molecule has 0 atom stereocenters. The summed E-state index contributed by atoms with van der Waals surface area (Å²) < 4.78 is 10.4. The van der Waals surface area contributed by atoms with E-state index in [9.17, 15) is 4.79 Å². The minimum absolute atomic E-state index is 0.0581. The largest absolute Gasteiger partial charge is 0.493 e. The average molecular weight is 287 g/mol. The maximum atomic E-state index is 11.0. The summed E-state index contributed by atoms with van der Waals surface area (Å²) in [4.78, 5) is 11.0. The molecule has 1 aliphatic heterocycles. The SMILES string of the molecule is COc1cc(C2=NNC(=O)SC2)ccc1OCCl. The van der Waals surface area contributed by atoms with Crippen molar-refractivity contribution in [1.29, 1.82) is 0 Å². The number of methoxy groups -OCH3 is 1. The van der Waals surface area contributed by atoms with Gasteiger partial charge in [0.2, 0.25) is 0 Å². The number of halogens is 1. The van der Waals surface area contributed by atoms with Crippen LogP contribution in [0.25, 0.3) is 0 Å². The second-order valence-corrected chi connectivity index (χ2v) is 4.53. The number of rotatable bonds is 4. The molecule has 0 aliphatic carbocycles. The third-order valence-corrected chi connectivity index (χ3v) is 3.21. The lowest BCUT2D eigenvalue weighted by Crippen LogP contribution is -2.23. The number of carbonyl (C=O) groups excluding carboxylic acids is 1. The Hall–Kier alpha value is -1.40. The molecule has 1 amide bonds. The molecule has 0 aromatic heterocycles. The fraction of sp³-hybridized carbons (Fsp3) is 0.273. The fourth-order valence-corrected chi connectivity index (χ4v) is 2.21. The molecule has 7 heteroatoms. The molecule has 0 unspecified atom stereocenters. The highest BCUT2D eigenvalue weighted by atomic mass is 35.5. The van der Waals surface area contributed by atoms with Crippen LogP contribution in [0.5, 0.6) is 11.5 Å². The fourth-order valence-electron chi connectivity index (χ4n) is 1.48. The molecule has 18 heavy (non-hydrogen) atoms. The summed E-state index contributed by atoms with van der Waals surface area (Å²) in [6.07, 6.45) is 0. The van der Waals surface area contributed by atoms with Crippen molar-refractivity contribution in [3.05, 3.63) is 23.8 Å². The molecule has 0 bridgehead atoms. The number of alkyl halides is 1. The maximum absolute atomic E-state index is 11.0. The zero-order chi connectivity index (χ0) is 13.0. The second kappa shape index (κ2) is 5.97. The van der Waals surface area contributed by atoms with Crippen LogP contribution in [-0.4, -0.2) is 29.9 Å². The Morgan fingerprint density at radius 2 is 2.33 bits per heavy atom. The molecule has 1 aromatic rings. The van der Waals surface area contributed by atoms with Gasteiger partial charge in [-0.25, -0.2) is 5.43 Å². The van der Waals surface area contributed by atoms with E-state index in [0.717, 1.165) is 11.3 Å². The van der Waals surface area contributed by atoms with E-state index in [-0.39, 0.29) is 11.3 Å². The van der Waals surface area contributed by atoms with E-state index in [1.54, 1.807) is 19.2 Å². The van der Waals surface area contributed by atoms with Gasteiger partial charge in [0.25, 0.3) is 5.24 Å². The van der Waals surface area contributed by atoms with Crippen LogP contribution in [0.3, 0.4) is 0 Å². The van der Waals surface area contributed by atoms with Gasteiger partial charge in [0.15, 0.2) is 17.6 Å². The van der Waals surface area contributed by atoms with Gasteiger partial charge in [-0.05, 0) is 18.2 Å². The Balaban J connectivity index is 2.27. The lowest BCUT2D eigenvalue weighted by molar-refractivity contribution is 0.261. The summed E-state index contributed by atoms with van der Waals surface area (Å²) >= 11 is 6.69. The summed E-state index contributed by atoms with van der Waals surface area (Å²) in [5.41, 5.74) is 4.09. The monoisotopic (exact) mass is 286 g/mol. The van der Waals surface area contributed by atoms with Crippen molar-refractivity contribution >= 4 is 34.3 Å². The molecule has 1 aliphatic rings. The Labute approximate surface area is 113 Å². The van der Waals surface area contributed by atoms with Crippen molar-refractivity contribution in [2.75, 3.05) is 18.9 Å². The molecular formula is C11H11ClN2O3S. The van der Waals surface area contributed by atoms with Gasteiger partial charge in [-0.15, -0.1) is 0 Å². The topological polar surface area (TPSA) is 59.9 Å². The van der Waals surface area contributed by atoms with Crippen LogP contribution in [-0.2, 0) is 0 Å².